The van der Waals surface area contributed by atoms with Crippen LogP contribution < -0.4 is 0 Å². The first-order valence-corrected chi connectivity index (χ1v) is 7.03. The molecule has 0 fully saturated rings. The first-order chi connectivity index (χ1) is 7.90. The van der Waals surface area contributed by atoms with Crippen LogP contribution in [0.1, 0.15) is 30.3 Å². The summed E-state index contributed by atoms with van der Waals surface area (Å²) >= 11 is 0. The molecule has 0 saturated heterocycles. The second-order valence-electron chi connectivity index (χ2n) is 3.61. The molecule has 92 valence electrons. The number of pyridine rings is 1. The fourth-order valence-corrected chi connectivity index (χ4v) is 1.58. The third kappa shape index (κ3) is 5.48. The minimum Gasteiger partial charge on any atom is -0.264 e. The van der Waals surface area contributed by atoms with Gasteiger partial charge in [0.05, 0.1) is 11.9 Å². The maximum absolute atomic E-state index is 10.9. The van der Waals surface area contributed by atoms with E-state index in [9.17, 15) is 8.42 Å². The van der Waals surface area contributed by atoms with Crippen molar-refractivity contribution >= 4 is 10.1 Å². The molecule has 0 radical (unpaired) electrons. The quantitative estimate of drug-likeness (QED) is 0.607. The Hall–Kier alpha value is -1.38. The van der Waals surface area contributed by atoms with Crippen LogP contribution in [0.2, 0.25) is 0 Å². The molecule has 4 nitrogen and oxygen atoms in total. The first kappa shape index (κ1) is 13.7. The standard InChI is InChI=1S/C12H15NO3S/c1-4-5-6-11-7-10(2)13-12(8-11)9-16-17(3,14)15/h7-8H,4,9H2,1-3H3. The normalized spacial score (nSPS) is 10.8. The molecule has 0 aliphatic rings. The summed E-state index contributed by atoms with van der Waals surface area (Å²) in [7, 11) is -3.44. The minimum absolute atomic E-state index is 0.0542. The van der Waals surface area contributed by atoms with Crippen molar-refractivity contribution in [1.29, 1.82) is 0 Å². The molecule has 0 unspecified atom stereocenters. The molecule has 5 heteroatoms. The highest BCUT2D eigenvalue weighted by atomic mass is 32.2. The Morgan fingerprint density at radius 2 is 2.12 bits per heavy atom. The zero-order chi connectivity index (χ0) is 12.9. The van der Waals surface area contributed by atoms with Crippen LogP contribution >= 0.6 is 0 Å². The number of aromatic nitrogens is 1. The van der Waals surface area contributed by atoms with E-state index in [1.165, 1.54) is 0 Å². The first-order valence-electron chi connectivity index (χ1n) is 5.21. The van der Waals surface area contributed by atoms with Gasteiger partial charge in [-0.3, -0.25) is 9.17 Å². The van der Waals surface area contributed by atoms with Gasteiger partial charge in [0, 0.05) is 17.7 Å². The van der Waals surface area contributed by atoms with Crippen molar-refractivity contribution in [2.24, 2.45) is 0 Å². The summed E-state index contributed by atoms with van der Waals surface area (Å²) in [5.41, 5.74) is 2.18. The number of aryl methyl sites for hydroxylation is 1. The smallest absolute Gasteiger partial charge is 0.264 e. The summed E-state index contributed by atoms with van der Waals surface area (Å²) in [5.74, 6) is 5.93. The Morgan fingerprint density at radius 3 is 2.71 bits per heavy atom. The molecule has 0 aromatic carbocycles. The van der Waals surface area contributed by atoms with Crippen molar-refractivity contribution in [2.45, 2.75) is 26.9 Å². The monoisotopic (exact) mass is 253 g/mol. The molecule has 0 atom stereocenters. The molecule has 1 aromatic heterocycles. The minimum atomic E-state index is -3.44. The second kappa shape index (κ2) is 5.80. The highest BCUT2D eigenvalue weighted by Gasteiger charge is 2.05. The van der Waals surface area contributed by atoms with E-state index in [4.69, 9.17) is 4.18 Å². The van der Waals surface area contributed by atoms with Gasteiger partial charge in [0.2, 0.25) is 0 Å². The maximum Gasteiger partial charge on any atom is 0.264 e. The Balaban J connectivity index is 2.90. The highest BCUT2D eigenvalue weighted by molar-refractivity contribution is 7.85. The van der Waals surface area contributed by atoms with Gasteiger partial charge in [0.25, 0.3) is 10.1 Å². The molecule has 0 saturated carbocycles. The van der Waals surface area contributed by atoms with E-state index in [0.29, 0.717) is 5.69 Å². The summed E-state index contributed by atoms with van der Waals surface area (Å²) in [4.78, 5) is 4.19. The molecule has 0 amide bonds. The van der Waals surface area contributed by atoms with E-state index in [0.717, 1.165) is 23.9 Å². The van der Waals surface area contributed by atoms with Crippen LogP contribution in [0.3, 0.4) is 0 Å². The lowest BCUT2D eigenvalue weighted by atomic mass is 10.2. The van der Waals surface area contributed by atoms with E-state index >= 15 is 0 Å². The molecular weight excluding hydrogens is 238 g/mol. The molecule has 1 aromatic rings. The molecule has 0 bridgehead atoms. The third-order valence-corrected chi connectivity index (χ3v) is 2.38. The van der Waals surface area contributed by atoms with Gasteiger partial charge in [-0.2, -0.15) is 8.42 Å². The van der Waals surface area contributed by atoms with Crippen LogP contribution in [0.15, 0.2) is 12.1 Å². The van der Waals surface area contributed by atoms with Crippen LogP contribution in [-0.4, -0.2) is 19.7 Å². The topological polar surface area (TPSA) is 56.3 Å². The van der Waals surface area contributed by atoms with Gasteiger partial charge in [0.1, 0.15) is 6.61 Å². The molecule has 1 rings (SSSR count). The average molecular weight is 253 g/mol. The number of rotatable bonds is 3. The summed E-state index contributed by atoms with van der Waals surface area (Å²) in [6.45, 7) is 3.75. The maximum atomic E-state index is 10.9. The Morgan fingerprint density at radius 1 is 1.41 bits per heavy atom. The van der Waals surface area contributed by atoms with Gasteiger partial charge in [-0.25, -0.2) is 0 Å². The summed E-state index contributed by atoms with van der Waals surface area (Å²) in [5, 5.41) is 0. The van der Waals surface area contributed by atoms with E-state index < -0.39 is 10.1 Å². The van der Waals surface area contributed by atoms with E-state index in [-0.39, 0.29) is 6.61 Å². The lowest BCUT2D eigenvalue weighted by Gasteiger charge is -2.03. The van der Waals surface area contributed by atoms with Crippen LogP contribution in [0.5, 0.6) is 0 Å². The zero-order valence-corrected chi connectivity index (χ0v) is 11.0. The molecule has 0 aliphatic heterocycles. The molecule has 0 N–H and O–H groups in total. The molecule has 1 heterocycles. The van der Waals surface area contributed by atoms with Crippen molar-refractivity contribution in [3.63, 3.8) is 0 Å². The Bertz CT molecular complexity index is 553. The lowest BCUT2D eigenvalue weighted by Crippen LogP contribution is -2.04. The third-order valence-electron chi connectivity index (χ3n) is 1.84. The molecular formula is C12H15NO3S. The fraction of sp³-hybridized carbons (Fsp3) is 0.417. The van der Waals surface area contributed by atoms with E-state index in [1.807, 2.05) is 19.9 Å². The van der Waals surface area contributed by atoms with E-state index in [2.05, 4.69) is 16.8 Å². The van der Waals surface area contributed by atoms with Gasteiger partial charge in [-0.15, -0.1) is 0 Å². The predicted molar refractivity (Wildman–Crippen MR) is 65.8 cm³/mol. The van der Waals surface area contributed by atoms with E-state index in [1.54, 1.807) is 6.07 Å². The van der Waals surface area contributed by atoms with Crippen LogP contribution in [0.25, 0.3) is 0 Å². The van der Waals surface area contributed by atoms with Crippen LogP contribution in [-0.2, 0) is 20.9 Å². The predicted octanol–water partition coefficient (Wildman–Crippen LogP) is 1.63. The second-order valence-corrected chi connectivity index (χ2v) is 5.25. The fourth-order valence-electron chi connectivity index (χ4n) is 1.24. The lowest BCUT2D eigenvalue weighted by molar-refractivity contribution is 0.307. The van der Waals surface area contributed by atoms with Gasteiger partial charge in [-0.1, -0.05) is 18.8 Å². The number of hydrogen-bond acceptors (Lipinski definition) is 4. The highest BCUT2D eigenvalue weighted by Crippen LogP contribution is 2.07. The van der Waals surface area contributed by atoms with Gasteiger partial charge in [0.15, 0.2) is 0 Å². The van der Waals surface area contributed by atoms with Crippen LogP contribution in [0.4, 0.5) is 0 Å². The van der Waals surface area contributed by atoms with Gasteiger partial charge in [-0.05, 0) is 19.1 Å². The van der Waals surface area contributed by atoms with Crippen molar-refractivity contribution in [1.82, 2.24) is 4.98 Å². The molecule has 17 heavy (non-hydrogen) atoms. The average Bonchev–Trinajstić information content (AvgIpc) is 2.22. The van der Waals surface area contributed by atoms with Gasteiger partial charge >= 0.3 is 0 Å². The SMILES string of the molecule is CCC#Cc1cc(C)nc(COS(C)(=O)=O)c1. The Labute approximate surface area is 102 Å². The van der Waals surface area contributed by atoms with Crippen LogP contribution in [0, 0.1) is 18.8 Å². The summed E-state index contributed by atoms with van der Waals surface area (Å²) in [6, 6.07) is 3.59. The molecule has 0 aliphatic carbocycles. The van der Waals surface area contributed by atoms with Crippen molar-refractivity contribution < 1.29 is 12.6 Å². The molecule has 0 spiro atoms. The van der Waals surface area contributed by atoms with Gasteiger partial charge < -0.3 is 0 Å². The number of hydrogen-bond donors (Lipinski definition) is 0. The zero-order valence-electron chi connectivity index (χ0n) is 10.1. The van der Waals surface area contributed by atoms with Crippen molar-refractivity contribution in [3.8, 4) is 11.8 Å². The largest absolute Gasteiger partial charge is 0.264 e. The summed E-state index contributed by atoms with van der Waals surface area (Å²) in [6.07, 6.45) is 1.79. The Kier molecular flexibility index (Phi) is 4.67. The van der Waals surface area contributed by atoms with Crippen molar-refractivity contribution in [3.05, 3.63) is 29.1 Å². The summed E-state index contributed by atoms with van der Waals surface area (Å²) < 4.78 is 26.4. The number of nitrogens with zero attached hydrogens (tertiary/aromatic N) is 1. The van der Waals surface area contributed by atoms with Crippen molar-refractivity contribution in [2.75, 3.05) is 6.26 Å².